The first kappa shape index (κ1) is 23.2. The van der Waals surface area contributed by atoms with Crippen LogP contribution in [0.15, 0.2) is 52.7 Å². The first-order chi connectivity index (χ1) is 15.8. The molecule has 0 spiro atoms. The molecule has 11 heteroatoms. The maximum atomic E-state index is 12.9. The second kappa shape index (κ2) is 9.87. The Balaban J connectivity index is 1.58. The molecule has 1 atom stereocenters. The van der Waals surface area contributed by atoms with Crippen LogP contribution in [0.5, 0.6) is 17.2 Å². The van der Waals surface area contributed by atoms with Crippen LogP contribution in [-0.2, 0) is 21.2 Å². The van der Waals surface area contributed by atoms with Gasteiger partial charge in [-0.05, 0) is 36.4 Å². The molecule has 174 valence electrons. The van der Waals surface area contributed by atoms with Crippen LogP contribution in [0, 0.1) is 0 Å². The standard InChI is InChI=1S/C22H22N2O7S2/c1-33(27,28)20-4-2-16(3-5-20)30-18-8-14(9-19(10-18)31-17-6-7-29-12-17)21(26)24-22-23-15(11-25)13-32-22/h2-5,8-10,13,17,25H,6-7,11-12H2,1H3,(H,23,24,26). The van der Waals surface area contributed by atoms with E-state index in [1.54, 1.807) is 35.7 Å². The minimum atomic E-state index is -3.32. The predicted octanol–water partition coefficient (Wildman–Crippen LogP) is 3.25. The van der Waals surface area contributed by atoms with Crippen LogP contribution in [-0.4, -0.2) is 50.0 Å². The third-order valence-electron chi connectivity index (χ3n) is 4.75. The van der Waals surface area contributed by atoms with E-state index in [0.717, 1.165) is 12.7 Å². The van der Waals surface area contributed by atoms with Crippen molar-refractivity contribution in [1.29, 1.82) is 0 Å². The molecule has 1 fully saturated rings. The molecule has 1 aliphatic rings. The molecule has 0 aliphatic carbocycles. The Morgan fingerprint density at radius 2 is 1.97 bits per heavy atom. The summed E-state index contributed by atoms with van der Waals surface area (Å²) in [6.07, 6.45) is 1.74. The molecular formula is C22H22N2O7S2. The normalized spacial score (nSPS) is 15.9. The summed E-state index contributed by atoms with van der Waals surface area (Å²) in [6.45, 7) is 0.857. The number of amides is 1. The number of rotatable bonds is 8. The molecule has 1 aliphatic heterocycles. The lowest BCUT2D eigenvalue weighted by atomic mass is 10.2. The number of nitrogens with zero attached hydrogens (tertiary/aromatic N) is 1. The summed E-state index contributed by atoms with van der Waals surface area (Å²) in [5, 5.41) is 13.9. The summed E-state index contributed by atoms with van der Waals surface area (Å²) >= 11 is 1.21. The highest BCUT2D eigenvalue weighted by Gasteiger charge is 2.19. The van der Waals surface area contributed by atoms with Crippen molar-refractivity contribution in [3.8, 4) is 17.2 Å². The average molecular weight is 491 g/mol. The number of carbonyl (C=O) groups is 1. The van der Waals surface area contributed by atoms with Crippen molar-refractivity contribution in [1.82, 2.24) is 4.98 Å². The van der Waals surface area contributed by atoms with E-state index in [0.29, 0.717) is 41.3 Å². The molecule has 1 aromatic heterocycles. The number of thiazole rings is 1. The Kier molecular flexibility index (Phi) is 6.94. The zero-order chi connectivity index (χ0) is 23.4. The van der Waals surface area contributed by atoms with Gasteiger partial charge in [0.15, 0.2) is 15.0 Å². The van der Waals surface area contributed by atoms with Gasteiger partial charge in [-0.25, -0.2) is 13.4 Å². The molecule has 2 aromatic carbocycles. The number of aromatic nitrogens is 1. The van der Waals surface area contributed by atoms with Crippen LogP contribution in [0.2, 0.25) is 0 Å². The zero-order valence-corrected chi connectivity index (χ0v) is 19.3. The lowest BCUT2D eigenvalue weighted by molar-refractivity contribution is 0.102. The Morgan fingerprint density at radius 3 is 2.61 bits per heavy atom. The largest absolute Gasteiger partial charge is 0.488 e. The van der Waals surface area contributed by atoms with Crippen molar-refractivity contribution in [3.63, 3.8) is 0 Å². The number of benzene rings is 2. The fraction of sp³-hybridized carbons (Fsp3) is 0.273. The number of hydrogen-bond acceptors (Lipinski definition) is 9. The van der Waals surface area contributed by atoms with Gasteiger partial charge in [0, 0.05) is 29.7 Å². The van der Waals surface area contributed by atoms with Crippen molar-refractivity contribution >= 4 is 32.2 Å². The Bertz CT molecular complexity index is 1230. The van der Waals surface area contributed by atoms with Crippen molar-refractivity contribution < 1.29 is 32.5 Å². The van der Waals surface area contributed by atoms with E-state index in [1.807, 2.05) is 0 Å². The molecule has 2 heterocycles. The number of aliphatic hydroxyl groups is 1. The molecule has 33 heavy (non-hydrogen) atoms. The van der Waals surface area contributed by atoms with Gasteiger partial charge in [0.25, 0.3) is 5.91 Å². The van der Waals surface area contributed by atoms with Gasteiger partial charge in [-0.3, -0.25) is 10.1 Å². The molecule has 1 saturated heterocycles. The number of carbonyl (C=O) groups excluding carboxylic acids is 1. The first-order valence-corrected chi connectivity index (χ1v) is 12.8. The van der Waals surface area contributed by atoms with Crippen LogP contribution in [0.3, 0.4) is 0 Å². The molecular weight excluding hydrogens is 468 g/mol. The van der Waals surface area contributed by atoms with Gasteiger partial charge in [0.05, 0.1) is 30.4 Å². The summed E-state index contributed by atoms with van der Waals surface area (Å²) in [5.74, 6) is 0.775. The van der Waals surface area contributed by atoms with Gasteiger partial charge in [0.2, 0.25) is 0 Å². The van der Waals surface area contributed by atoms with Gasteiger partial charge in [-0.1, -0.05) is 0 Å². The lowest BCUT2D eigenvalue weighted by Crippen LogP contribution is -2.17. The number of anilines is 1. The van der Waals surface area contributed by atoms with Crippen molar-refractivity contribution in [2.24, 2.45) is 0 Å². The minimum Gasteiger partial charge on any atom is -0.488 e. The molecule has 2 N–H and O–H groups in total. The highest BCUT2D eigenvalue weighted by molar-refractivity contribution is 7.90. The summed E-state index contributed by atoms with van der Waals surface area (Å²) < 4.78 is 40.5. The monoisotopic (exact) mass is 490 g/mol. The Labute approximate surface area is 194 Å². The number of ether oxygens (including phenoxy) is 3. The van der Waals surface area contributed by atoms with Crippen LogP contribution in [0.1, 0.15) is 22.5 Å². The van der Waals surface area contributed by atoms with Crippen molar-refractivity contribution in [2.75, 3.05) is 24.8 Å². The Morgan fingerprint density at radius 1 is 1.21 bits per heavy atom. The van der Waals surface area contributed by atoms with Crippen LogP contribution in [0.25, 0.3) is 0 Å². The minimum absolute atomic E-state index is 0.128. The van der Waals surface area contributed by atoms with E-state index in [2.05, 4.69) is 10.3 Å². The van der Waals surface area contributed by atoms with E-state index in [-0.39, 0.29) is 23.2 Å². The lowest BCUT2D eigenvalue weighted by Gasteiger charge is -2.15. The van der Waals surface area contributed by atoms with Gasteiger partial charge in [0.1, 0.15) is 23.4 Å². The third kappa shape index (κ3) is 6.08. The van der Waals surface area contributed by atoms with Crippen LogP contribution < -0.4 is 14.8 Å². The summed E-state index contributed by atoms with van der Waals surface area (Å²) in [4.78, 5) is 17.2. The van der Waals surface area contributed by atoms with Crippen LogP contribution >= 0.6 is 11.3 Å². The quantitative estimate of drug-likeness (QED) is 0.493. The van der Waals surface area contributed by atoms with E-state index >= 15 is 0 Å². The summed E-state index contributed by atoms with van der Waals surface area (Å²) in [7, 11) is -3.32. The second-order valence-corrected chi connectivity index (χ2v) is 10.3. The highest BCUT2D eigenvalue weighted by atomic mass is 32.2. The summed E-state index contributed by atoms with van der Waals surface area (Å²) in [6, 6.07) is 10.8. The fourth-order valence-electron chi connectivity index (χ4n) is 3.13. The van der Waals surface area contributed by atoms with Gasteiger partial charge < -0.3 is 19.3 Å². The van der Waals surface area contributed by atoms with E-state index in [4.69, 9.17) is 19.3 Å². The second-order valence-electron chi connectivity index (χ2n) is 7.40. The number of nitrogens with one attached hydrogen (secondary N) is 1. The van der Waals surface area contributed by atoms with Gasteiger partial charge in [-0.15, -0.1) is 11.3 Å². The van der Waals surface area contributed by atoms with Gasteiger partial charge in [-0.2, -0.15) is 0 Å². The predicted molar refractivity (Wildman–Crippen MR) is 122 cm³/mol. The highest BCUT2D eigenvalue weighted by Crippen LogP contribution is 2.30. The molecule has 3 aromatic rings. The van der Waals surface area contributed by atoms with Gasteiger partial charge >= 0.3 is 0 Å². The first-order valence-electron chi connectivity index (χ1n) is 10.0. The third-order valence-corrected chi connectivity index (χ3v) is 6.69. The molecule has 1 amide bonds. The summed E-state index contributed by atoms with van der Waals surface area (Å²) in [5.41, 5.74) is 0.755. The maximum absolute atomic E-state index is 12.9. The van der Waals surface area contributed by atoms with E-state index < -0.39 is 15.7 Å². The SMILES string of the molecule is CS(=O)(=O)c1ccc(Oc2cc(OC3CCOC3)cc(C(=O)Nc3nc(CO)cs3)c2)cc1. The van der Waals surface area contributed by atoms with E-state index in [9.17, 15) is 13.2 Å². The molecule has 0 saturated carbocycles. The number of sulfone groups is 1. The molecule has 0 radical (unpaired) electrons. The van der Waals surface area contributed by atoms with Crippen molar-refractivity contribution in [2.45, 2.75) is 24.0 Å². The topological polar surface area (TPSA) is 124 Å². The average Bonchev–Trinajstić information content (AvgIpc) is 3.45. The fourth-order valence-corrected chi connectivity index (χ4v) is 4.45. The van der Waals surface area contributed by atoms with Crippen molar-refractivity contribution in [3.05, 3.63) is 59.1 Å². The van der Waals surface area contributed by atoms with E-state index in [1.165, 1.54) is 23.5 Å². The molecule has 9 nitrogen and oxygen atoms in total. The molecule has 1 unspecified atom stereocenters. The number of hydrogen-bond donors (Lipinski definition) is 2. The van der Waals surface area contributed by atoms with Crippen LogP contribution in [0.4, 0.5) is 5.13 Å². The zero-order valence-electron chi connectivity index (χ0n) is 17.7. The molecule has 0 bridgehead atoms. The smallest absolute Gasteiger partial charge is 0.257 e. The maximum Gasteiger partial charge on any atom is 0.257 e. The Hall–Kier alpha value is -2.99. The number of aliphatic hydroxyl groups excluding tert-OH is 1. The molecule has 4 rings (SSSR count).